The van der Waals surface area contributed by atoms with E-state index >= 15 is 0 Å². The molecule has 0 aromatic heterocycles. The Labute approximate surface area is 147 Å². The summed E-state index contributed by atoms with van der Waals surface area (Å²) in [6.45, 7) is 6.19. The maximum atomic E-state index is 10.3. The number of carbonyl (C=O) groups is 2. The van der Waals surface area contributed by atoms with E-state index in [1.807, 2.05) is 0 Å². The molecule has 0 aromatic carbocycles. The fourth-order valence-corrected chi connectivity index (χ4v) is 2.70. The van der Waals surface area contributed by atoms with Gasteiger partial charge in [0.15, 0.2) is 0 Å². The molecule has 0 saturated carbocycles. The minimum absolute atomic E-state index is 0. The third-order valence-corrected chi connectivity index (χ3v) is 5.18. The van der Waals surface area contributed by atoms with Crippen LogP contribution in [0.3, 0.4) is 0 Å². The Bertz CT molecular complexity index is 513. The van der Waals surface area contributed by atoms with Gasteiger partial charge in [-0.25, -0.2) is 16.8 Å². The number of hydrogen-bond donors (Lipinski definition) is 0. The minimum atomic E-state index is -4.28. The van der Waals surface area contributed by atoms with Gasteiger partial charge in [0.25, 0.3) is 0 Å². The minimum Gasteiger partial charge on any atom is -0.747 e. The molecule has 0 aromatic rings. The largest absolute Gasteiger partial charge is 2.00 e. The standard InChI is InChI=1S/2C4H6O4S2.Mg/c2*1-2-4(5)9-3-10(6,7)8;/h2*2H,1,3H2,(H,6,7,8);/q;;+2/p-2. The average molecular weight is 387 g/mol. The molecule has 0 saturated heterocycles. The summed E-state index contributed by atoms with van der Waals surface area (Å²) in [5.74, 6) is 0. The summed E-state index contributed by atoms with van der Waals surface area (Å²) in [5.41, 5.74) is 0. The molecular formula is C8H10MgO8S4. The molecule has 0 bridgehead atoms. The van der Waals surface area contributed by atoms with Crippen molar-refractivity contribution in [2.45, 2.75) is 0 Å². The Morgan fingerprint density at radius 1 is 0.857 bits per heavy atom. The van der Waals surface area contributed by atoms with Gasteiger partial charge in [-0.05, 0) is 12.2 Å². The molecule has 0 amide bonds. The predicted octanol–water partition coefficient (Wildman–Crippen LogP) is -0.511. The number of rotatable bonds is 6. The van der Waals surface area contributed by atoms with E-state index in [2.05, 4.69) is 13.2 Å². The van der Waals surface area contributed by atoms with Crippen molar-refractivity contribution in [3.63, 3.8) is 0 Å². The molecule has 0 atom stereocenters. The molecule has 0 spiro atoms. The van der Waals surface area contributed by atoms with Crippen molar-refractivity contribution >= 4 is 77.0 Å². The monoisotopic (exact) mass is 386 g/mol. The van der Waals surface area contributed by atoms with Gasteiger partial charge in [-0.15, -0.1) is 0 Å². The van der Waals surface area contributed by atoms with Gasteiger partial charge in [-0.3, -0.25) is 9.59 Å². The zero-order valence-electron chi connectivity index (χ0n) is 10.6. The van der Waals surface area contributed by atoms with Gasteiger partial charge >= 0.3 is 23.1 Å². The summed E-state index contributed by atoms with van der Waals surface area (Å²) in [5, 5.41) is -2.48. The fourth-order valence-electron chi connectivity index (χ4n) is 0.378. The van der Waals surface area contributed by atoms with Crippen molar-refractivity contribution in [3.05, 3.63) is 25.3 Å². The smallest absolute Gasteiger partial charge is 0.747 e. The van der Waals surface area contributed by atoms with Gasteiger partial charge in [0.05, 0.1) is 10.2 Å². The second kappa shape index (κ2) is 12.6. The van der Waals surface area contributed by atoms with Crippen LogP contribution in [0.2, 0.25) is 0 Å². The molecule has 0 rings (SSSR count). The van der Waals surface area contributed by atoms with Crippen LogP contribution in [-0.4, -0.2) is 69.4 Å². The van der Waals surface area contributed by atoms with E-state index in [-0.39, 0.29) is 23.1 Å². The maximum Gasteiger partial charge on any atom is 2.00 e. The molecule has 8 nitrogen and oxygen atoms in total. The first kappa shape index (κ1) is 26.0. The van der Waals surface area contributed by atoms with Crippen molar-refractivity contribution in [3.8, 4) is 0 Å². The molecule has 0 aliphatic carbocycles. The zero-order valence-corrected chi connectivity index (χ0v) is 15.3. The Hall–Kier alpha value is 0.106. The van der Waals surface area contributed by atoms with E-state index in [4.69, 9.17) is 0 Å². The average Bonchev–Trinajstić information content (AvgIpc) is 2.31. The first-order chi connectivity index (χ1) is 8.91. The summed E-state index contributed by atoms with van der Waals surface area (Å²) in [6.07, 6.45) is 1.91. The van der Waals surface area contributed by atoms with Crippen molar-refractivity contribution in [2.24, 2.45) is 0 Å². The topological polar surface area (TPSA) is 149 Å². The Morgan fingerprint density at radius 3 is 1.24 bits per heavy atom. The van der Waals surface area contributed by atoms with Gasteiger partial charge in [-0.1, -0.05) is 36.7 Å². The van der Waals surface area contributed by atoms with Crippen LogP contribution >= 0.6 is 23.5 Å². The van der Waals surface area contributed by atoms with Crippen LogP contribution in [0.4, 0.5) is 0 Å². The van der Waals surface area contributed by atoms with Gasteiger partial charge in [-0.2, -0.15) is 0 Å². The third-order valence-electron chi connectivity index (χ3n) is 1.02. The van der Waals surface area contributed by atoms with Gasteiger partial charge in [0.1, 0.15) is 20.2 Å². The van der Waals surface area contributed by atoms with Gasteiger partial charge in [0, 0.05) is 0 Å². The number of hydrogen-bond acceptors (Lipinski definition) is 10. The molecular weight excluding hydrogens is 377 g/mol. The Kier molecular flexibility index (Phi) is 15.7. The van der Waals surface area contributed by atoms with Crippen LogP contribution in [-0.2, 0) is 29.8 Å². The Morgan fingerprint density at radius 2 is 1.10 bits per heavy atom. The van der Waals surface area contributed by atoms with E-state index in [0.717, 1.165) is 12.2 Å². The molecule has 21 heavy (non-hydrogen) atoms. The third kappa shape index (κ3) is 25.4. The first-order valence-corrected chi connectivity index (χ1v) is 9.49. The number of thioether (sulfide) groups is 2. The van der Waals surface area contributed by atoms with Crippen LogP contribution < -0.4 is 0 Å². The predicted molar refractivity (Wildman–Crippen MR) is 80.5 cm³/mol. The van der Waals surface area contributed by atoms with Crippen LogP contribution in [0.5, 0.6) is 0 Å². The summed E-state index contributed by atoms with van der Waals surface area (Å²) in [4.78, 5) is 20.6. The second-order valence-electron chi connectivity index (χ2n) is 2.69. The van der Waals surface area contributed by atoms with Crippen LogP contribution in [0, 0.1) is 0 Å². The molecule has 0 N–H and O–H groups in total. The van der Waals surface area contributed by atoms with Crippen LogP contribution in [0.25, 0.3) is 0 Å². The quantitative estimate of drug-likeness (QED) is 0.331. The van der Waals surface area contributed by atoms with E-state index in [9.17, 15) is 35.5 Å². The summed E-state index contributed by atoms with van der Waals surface area (Å²) in [7, 11) is -8.57. The fraction of sp³-hybridized carbons (Fsp3) is 0.250. The first-order valence-electron chi connectivity index (χ1n) is 4.37. The number of carbonyl (C=O) groups excluding carboxylic acids is 2. The molecule has 0 unspecified atom stereocenters. The summed E-state index contributed by atoms with van der Waals surface area (Å²) in [6, 6.07) is 0. The SMILES string of the molecule is C=CC(=O)SCS(=O)(=O)[O-].C=CC(=O)SCS(=O)(=O)[O-].[Mg+2]. The van der Waals surface area contributed by atoms with Crippen molar-refractivity contribution in [1.29, 1.82) is 0 Å². The molecule has 0 fully saturated rings. The van der Waals surface area contributed by atoms with E-state index < -0.39 is 40.6 Å². The van der Waals surface area contributed by atoms with E-state index in [1.54, 1.807) is 0 Å². The second-order valence-corrected chi connectivity index (χ2v) is 8.18. The normalized spacial score (nSPS) is 10.4. The summed E-state index contributed by atoms with van der Waals surface area (Å²) >= 11 is 0.852. The van der Waals surface area contributed by atoms with Crippen molar-refractivity contribution < 1.29 is 35.5 Å². The van der Waals surface area contributed by atoms with E-state index in [1.165, 1.54) is 0 Å². The van der Waals surface area contributed by atoms with Crippen LogP contribution in [0.1, 0.15) is 0 Å². The molecule has 0 aliphatic rings. The summed E-state index contributed by atoms with van der Waals surface area (Å²) < 4.78 is 59.3. The molecule has 0 radical (unpaired) electrons. The van der Waals surface area contributed by atoms with Gasteiger partial charge in [0.2, 0.25) is 10.2 Å². The molecule has 0 heterocycles. The zero-order chi connectivity index (χ0) is 16.4. The van der Waals surface area contributed by atoms with E-state index in [0.29, 0.717) is 23.5 Å². The van der Waals surface area contributed by atoms with Crippen molar-refractivity contribution in [1.82, 2.24) is 0 Å². The maximum absolute atomic E-state index is 10.3. The van der Waals surface area contributed by atoms with Gasteiger partial charge < -0.3 is 9.11 Å². The molecule has 116 valence electrons. The van der Waals surface area contributed by atoms with Crippen molar-refractivity contribution in [2.75, 3.05) is 10.2 Å². The Balaban J connectivity index is -0.000000295. The van der Waals surface area contributed by atoms with Crippen LogP contribution in [0.15, 0.2) is 25.3 Å². The molecule has 0 aliphatic heterocycles. The molecule has 13 heteroatoms.